The lowest BCUT2D eigenvalue weighted by Crippen LogP contribution is -2.44. The molecule has 2 atom stereocenters. The van der Waals surface area contributed by atoms with E-state index < -0.39 is 23.7 Å². The van der Waals surface area contributed by atoms with Gasteiger partial charge in [0, 0.05) is 24.8 Å². The van der Waals surface area contributed by atoms with Crippen LogP contribution in [0.5, 0.6) is 0 Å². The van der Waals surface area contributed by atoms with Crippen molar-refractivity contribution in [2.75, 3.05) is 19.4 Å². The van der Waals surface area contributed by atoms with E-state index in [-0.39, 0.29) is 6.04 Å². The topological polar surface area (TPSA) is 93.9 Å². The number of carbonyl (C=O) groups is 2. The molecule has 25 heavy (non-hydrogen) atoms. The van der Waals surface area contributed by atoms with E-state index in [0.29, 0.717) is 25.2 Å². The number of anilines is 1. The number of nitrogen functional groups attached to an aromatic ring is 1. The van der Waals surface area contributed by atoms with Crippen LogP contribution in [-0.2, 0) is 20.8 Å². The molecule has 1 aromatic rings. The molecular formula is C18H27N3O4. The number of benzene rings is 1. The van der Waals surface area contributed by atoms with Gasteiger partial charge in [0.15, 0.2) is 0 Å². The lowest BCUT2D eigenvalue weighted by atomic mass is 10.1. The Morgan fingerprint density at radius 2 is 2.00 bits per heavy atom. The largest absolute Gasteiger partial charge is 0.467 e. The molecule has 1 amide bonds. The SMILES string of the molecule is COC(=O)[C@@H]1CC(NCc2ccccc2N)CN1C(=O)OC(C)(C)C. The number of hydrogen-bond donors (Lipinski definition) is 2. The van der Waals surface area contributed by atoms with E-state index in [1.165, 1.54) is 12.0 Å². The summed E-state index contributed by atoms with van der Waals surface area (Å²) >= 11 is 0. The second-order valence-electron chi connectivity index (χ2n) is 7.18. The third-order valence-corrected chi connectivity index (χ3v) is 4.04. The number of esters is 1. The molecule has 0 spiro atoms. The maximum atomic E-state index is 12.4. The highest BCUT2D eigenvalue weighted by molar-refractivity contribution is 5.82. The van der Waals surface area contributed by atoms with Crippen LogP contribution < -0.4 is 11.1 Å². The smallest absolute Gasteiger partial charge is 0.411 e. The first kappa shape index (κ1) is 19.1. The Hall–Kier alpha value is -2.28. The zero-order valence-electron chi connectivity index (χ0n) is 15.2. The van der Waals surface area contributed by atoms with Gasteiger partial charge in [-0.1, -0.05) is 18.2 Å². The first-order valence-electron chi connectivity index (χ1n) is 8.35. The predicted octanol–water partition coefficient (Wildman–Crippen LogP) is 1.91. The molecule has 1 aromatic carbocycles. The van der Waals surface area contributed by atoms with Crippen molar-refractivity contribution in [3.8, 4) is 0 Å². The summed E-state index contributed by atoms with van der Waals surface area (Å²) in [6.07, 6.45) is -0.0371. The van der Waals surface area contributed by atoms with E-state index in [2.05, 4.69) is 5.32 Å². The highest BCUT2D eigenvalue weighted by atomic mass is 16.6. The quantitative estimate of drug-likeness (QED) is 0.637. The summed E-state index contributed by atoms with van der Waals surface area (Å²) in [7, 11) is 1.32. The van der Waals surface area contributed by atoms with Gasteiger partial charge in [-0.05, 0) is 38.8 Å². The van der Waals surface area contributed by atoms with Crippen molar-refractivity contribution in [3.63, 3.8) is 0 Å². The zero-order chi connectivity index (χ0) is 18.6. The Morgan fingerprint density at radius 3 is 2.60 bits per heavy atom. The van der Waals surface area contributed by atoms with E-state index in [4.69, 9.17) is 15.2 Å². The minimum atomic E-state index is -0.648. The Bertz CT molecular complexity index is 627. The van der Waals surface area contributed by atoms with Gasteiger partial charge in [-0.15, -0.1) is 0 Å². The van der Waals surface area contributed by atoms with Crippen LogP contribution >= 0.6 is 0 Å². The van der Waals surface area contributed by atoms with Crippen LogP contribution in [-0.4, -0.2) is 48.3 Å². The van der Waals surface area contributed by atoms with Gasteiger partial charge in [0.05, 0.1) is 7.11 Å². The molecular weight excluding hydrogens is 322 g/mol. The number of carbonyl (C=O) groups excluding carboxylic acids is 2. The molecule has 0 aromatic heterocycles. The molecule has 0 saturated carbocycles. The molecule has 1 aliphatic rings. The number of nitrogens with two attached hydrogens (primary N) is 1. The summed E-state index contributed by atoms with van der Waals surface area (Å²) in [5, 5.41) is 3.36. The highest BCUT2D eigenvalue weighted by Crippen LogP contribution is 2.23. The van der Waals surface area contributed by atoms with Crippen LogP contribution in [0.25, 0.3) is 0 Å². The molecule has 0 radical (unpaired) electrons. The van der Waals surface area contributed by atoms with Gasteiger partial charge in [0.2, 0.25) is 0 Å². The molecule has 0 bridgehead atoms. The van der Waals surface area contributed by atoms with Crippen LogP contribution in [0.3, 0.4) is 0 Å². The standard InChI is InChI=1S/C18H27N3O4/c1-18(2,3)25-17(23)21-11-13(9-15(21)16(22)24-4)20-10-12-7-5-6-8-14(12)19/h5-8,13,15,20H,9-11,19H2,1-4H3/t13?,15-/m0/s1. The van der Waals surface area contributed by atoms with Crippen molar-refractivity contribution < 1.29 is 19.1 Å². The Balaban J connectivity index is 2.03. The summed E-state index contributed by atoms with van der Waals surface area (Å²) in [5.74, 6) is -0.436. The van der Waals surface area contributed by atoms with Crippen LogP contribution in [0.1, 0.15) is 32.8 Å². The minimum Gasteiger partial charge on any atom is -0.467 e. The summed E-state index contributed by atoms with van der Waals surface area (Å²) in [6.45, 7) is 6.32. The van der Waals surface area contributed by atoms with Gasteiger partial charge < -0.3 is 20.5 Å². The number of methoxy groups -OCH3 is 1. The van der Waals surface area contributed by atoms with Gasteiger partial charge >= 0.3 is 12.1 Å². The molecule has 1 fully saturated rings. The first-order chi connectivity index (χ1) is 11.7. The molecule has 7 nitrogen and oxygen atoms in total. The maximum Gasteiger partial charge on any atom is 0.411 e. The fourth-order valence-electron chi connectivity index (χ4n) is 2.82. The third-order valence-electron chi connectivity index (χ3n) is 4.04. The van der Waals surface area contributed by atoms with E-state index in [9.17, 15) is 9.59 Å². The van der Waals surface area contributed by atoms with E-state index in [1.807, 2.05) is 24.3 Å². The van der Waals surface area contributed by atoms with Gasteiger partial charge in [-0.25, -0.2) is 9.59 Å². The highest BCUT2D eigenvalue weighted by Gasteiger charge is 2.42. The number of nitrogens with zero attached hydrogens (tertiary/aromatic N) is 1. The summed E-state index contributed by atoms with van der Waals surface area (Å²) in [4.78, 5) is 25.9. The minimum absolute atomic E-state index is 0.0452. The summed E-state index contributed by atoms with van der Waals surface area (Å²) in [5.41, 5.74) is 7.01. The van der Waals surface area contributed by atoms with Crippen molar-refractivity contribution in [2.24, 2.45) is 0 Å². The predicted molar refractivity (Wildman–Crippen MR) is 94.8 cm³/mol. The zero-order valence-corrected chi connectivity index (χ0v) is 15.2. The number of rotatable bonds is 4. The van der Waals surface area contributed by atoms with Gasteiger partial charge in [0.1, 0.15) is 11.6 Å². The second kappa shape index (κ2) is 7.74. The third kappa shape index (κ3) is 5.09. The maximum absolute atomic E-state index is 12.4. The number of ether oxygens (including phenoxy) is 2. The normalized spacial score (nSPS) is 20.4. The van der Waals surface area contributed by atoms with Gasteiger partial charge in [0.25, 0.3) is 0 Å². The molecule has 1 saturated heterocycles. The summed E-state index contributed by atoms with van der Waals surface area (Å²) in [6, 6.07) is 6.90. The first-order valence-corrected chi connectivity index (χ1v) is 8.35. The van der Waals surface area contributed by atoms with Gasteiger partial charge in [-0.2, -0.15) is 0 Å². The number of amides is 1. The monoisotopic (exact) mass is 349 g/mol. The molecule has 1 aliphatic heterocycles. The van der Waals surface area contributed by atoms with Crippen LogP contribution in [0.2, 0.25) is 0 Å². The average Bonchev–Trinajstić information content (AvgIpc) is 2.96. The summed E-state index contributed by atoms with van der Waals surface area (Å²) < 4.78 is 10.2. The Morgan fingerprint density at radius 1 is 1.32 bits per heavy atom. The van der Waals surface area contributed by atoms with Crippen molar-refractivity contribution in [1.82, 2.24) is 10.2 Å². The van der Waals surface area contributed by atoms with Crippen LogP contribution in [0.4, 0.5) is 10.5 Å². The Labute approximate surface area is 148 Å². The van der Waals surface area contributed by atoms with Gasteiger partial charge in [-0.3, -0.25) is 4.90 Å². The number of para-hydroxylation sites is 1. The van der Waals surface area contributed by atoms with Crippen molar-refractivity contribution in [3.05, 3.63) is 29.8 Å². The molecule has 0 aliphatic carbocycles. The number of hydrogen-bond acceptors (Lipinski definition) is 6. The molecule has 3 N–H and O–H groups in total. The molecule has 7 heteroatoms. The fraction of sp³-hybridized carbons (Fsp3) is 0.556. The molecule has 1 unspecified atom stereocenters. The fourth-order valence-corrected chi connectivity index (χ4v) is 2.82. The van der Waals surface area contributed by atoms with E-state index in [0.717, 1.165) is 5.56 Å². The van der Waals surface area contributed by atoms with E-state index in [1.54, 1.807) is 20.8 Å². The van der Waals surface area contributed by atoms with Crippen LogP contribution in [0, 0.1) is 0 Å². The molecule has 2 rings (SSSR count). The molecule has 1 heterocycles. The lowest BCUT2D eigenvalue weighted by molar-refractivity contribution is -0.145. The van der Waals surface area contributed by atoms with Crippen molar-refractivity contribution in [1.29, 1.82) is 0 Å². The number of likely N-dealkylation sites (tertiary alicyclic amines) is 1. The van der Waals surface area contributed by atoms with E-state index >= 15 is 0 Å². The second-order valence-corrected chi connectivity index (χ2v) is 7.18. The Kier molecular flexibility index (Phi) is 5.89. The van der Waals surface area contributed by atoms with Crippen molar-refractivity contribution in [2.45, 2.75) is 51.4 Å². The van der Waals surface area contributed by atoms with Crippen LogP contribution in [0.15, 0.2) is 24.3 Å². The lowest BCUT2D eigenvalue weighted by Gasteiger charge is -2.27. The molecule has 138 valence electrons. The number of nitrogens with one attached hydrogen (secondary N) is 1. The average molecular weight is 349 g/mol. The van der Waals surface area contributed by atoms with Crippen molar-refractivity contribution >= 4 is 17.7 Å².